The van der Waals surface area contributed by atoms with E-state index < -0.39 is 0 Å². The molecule has 1 fully saturated rings. The Balaban J connectivity index is 0.00000117. The highest BCUT2D eigenvalue weighted by molar-refractivity contribution is 5.88. The lowest BCUT2D eigenvalue weighted by molar-refractivity contribution is 0.223. The van der Waals surface area contributed by atoms with E-state index in [-0.39, 0.29) is 0 Å². The van der Waals surface area contributed by atoms with Crippen molar-refractivity contribution in [2.24, 2.45) is 0 Å². The van der Waals surface area contributed by atoms with Crippen LogP contribution in [0.2, 0.25) is 0 Å². The molecule has 0 unspecified atom stereocenters. The SMILES string of the molecule is CC.COCC1=Cc2cccc(N3CCCCC3)c2C(=C=C(C)C=N)N1. The predicted octanol–water partition coefficient (Wildman–Crippen LogP) is 4.83. The van der Waals surface area contributed by atoms with Crippen LogP contribution >= 0.6 is 0 Å². The van der Waals surface area contributed by atoms with E-state index in [4.69, 9.17) is 10.1 Å². The quantitative estimate of drug-likeness (QED) is 0.602. The number of methoxy groups -OCH3 is 1. The molecule has 0 aliphatic carbocycles. The molecule has 2 aliphatic heterocycles. The zero-order valence-electron chi connectivity index (χ0n) is 16.5. The van der Waals surface area contributed by atoms with Crippen LogP contribution in [0.15, 0.2) is 35.2 Å². The minimum absolute atomic E-state index is 0.530. The number of nitrogens with one attached hydrogen (secondary N) is 2. The summed E-state index contributed by atoms with van der Waals surface area (Å²) in [6, 6.07) is 6.46. The van der Waals surface area contributed by atoms with Crippen molar-refractivity contribution in [3.05, 3.63) is 46.3 Å². The van der Waals surface area contributed by atoms with Gasteiger partial charge in [-0.15, -0.1) is 0 Å². The van der Waals surface area contributed by atoms with Gasteiger partial charge in [-0.2, -0.15) is 0 Å². The minimum Gasteiger partial charge on any atom is -0.378 e. The summed E-state index contributed by atoms with van der Waals surface area (Å²) in [6.45, 7) is 8.64. The van der Waals surface area contributed by atoms with Crippen molar-refractivity contribution in [2.75, 3.05) is 31.7 Å². The van der Waals surface area contributed by atoms with Crippen LogP contribution in [0.25, 0.3) is 11.8 Å². The van der Waals surface area contributed by atoms with Crippen molar-refractivity contribution in [3.8, 4) is 0 Å². The van der Waals surface area contributed by atoms with Crippen molar-refractivity contribution in [1.29, 1.82) is 5.41 Å². The molecule has 26 heavy (non-hydrogen) atoms. The Morgan fingerprint density at radius 3 is 2.65 bits per heavy atom. The van der Waals surface area contributed by atoms with Crippen LogP contribution in [0.5, 0.6) is 0 Å². The van der Waals surface area contributed by atoms with Crippen LogP contribution in [-0.2, 0) is 4.74 Å². The van der Waals surface area contributed by atoms with Gasteiger partial charge in [-0.05, 0) is 43.9 Å². The second-order valence-electron chi connectivity index (χ2n) is 6.34. The molecular formula is C22H31N3O. The summed E-state index contributed by atoms with van der Waals surface area (Å²) in [5.74, 6) is 0. The molecule has 4 nitrogen and oxygen atoms in total. The molecule has 0 amide bonds. The molecule has 1 saturated heterocycles. The molecule has 0 radical (unpaired) electrons. The van der Waals surface area contributed by atoms with Crippen molar-refractivity contribution in [2.45, 2.75) is 40.0 Å². The third-order valence-corrected chi connectivity index (χ3v) is 4.48. The number of piperidine rings is 1. The van der Waals surface area contributed by atoms with E-state index in [2.05, 4.69) is 40.2 Å². The van der Waals surface area contributed by atoms with Gasteiger partial charge in [-0.3, -0.25) is 0 Å². The highest BCUT2D eigenvalue weighted by Gasteiger charge is 2.22. The second kappa shape index (κ2) is 10.0. The Kier molecular flexibility index (Phi) is 7.71. The molecule has 1 aromatic rings. The first-order valence-electron chi connectivity index (χ1n) is 9.56. The molecule has 4 heteroatoms. The van der Waals surface area contributed by atoms with E-state index in [1.807, 2.05) is 20.8 Å². The second-order valence-corrected chi connectivity index (χ2v) is 6.34. The van der Waals surface area contributed by atoms with Crippen molar-refractivity contribution in [1.82, 2.24) is 5.32 Å². The van der Waals surface area contributed by atoms with Gasteiger partial charge in [0.05, 0.1) is 12.3 Å². The van der Waals surface area contributed by atoms with Gasteiger partial charge in [-0.1, -0.05) is 31.7 Å². The van der Waals surface area contributed by atoms with Gasteiger partial charge in [0.1, 0.15) is 0 Å². The smallest absolute Gasteiger partial charge is 0.0920 e. The lowest BCUT2D eigenvalue weighted by Crippen LogP contribution is -2.31. The number of rotatable bonds is 4. The molecule has 0 atom stereocenters. The molecular weight excluding hydrogens is 322 g/mol. The van der Waals surface area contributed by atoms with Gasteiger partial charge in [0.2, 0.25) is 0 Å². The highest BCUT2D eigenvalue weighted by Crippen LogP contribution is 2.35. The first kappa shape index (κ1) is 20.0. The Morgan fingerprint density at radius 1 is 1.27 bits per heavy atom. The summed E-state index contributed by atoms with van der Waals surface area (Å²) in [4.78, 5) is 2.47. The number of hydrogen-bond donors (Lipinski definition) is 2. The van der Waals surface area contributed by atoms with Crippen LogP contribution in [0.3, 0.4) is 0 Å². The molecule has 0 spiro atoms. The van der Waals surface area contributed by atoms with Gasteiger partial charge < -0.3 is 20.4 Å². The minimum atomic E-state index is 0.530. The molecule has 0 saturated carbocycles. The van der Waals surface area contributed by atoms with E-state index in [1.54, 1.807) is 7.11 Å². The van der Waals surface area contributed by atoms with Gasteiger partial charge in [0.15, 0.2) is 0 Å². The van der Waals surface area contributed by atoms with Crippen molar-refractivity contribution >= 4 is 23.7 Å². The predicted molar refractivity (Wildman–Crippen MR) is 112 cm³/mol. The zero-order chi connectivity index (χ0) is 18.9. The number of fused-ring (bicyclic) bond motifs is 1. The number of hydrogen-bond acceptors (Lipinski definition) is 4. The van der Waals surface area contributed by atoms with Crippen LogP contribution in [0.1, 0.15) is 51.2 Å². The van der Waals surface area contributed by atoms with Gasteiger partial charge in [-0.25, -0.2) is 0 Å². The van der Waals surface area contributed by atoms with E-state index >= 15 is 0 Å². The topological polar surface area (TPSA) is 48.4 Å². The fourth-order valence-electron chi connectivity index (χ4n) is 3.36. The first-order chi connectivity index (χ1) is 12.7. The third-order valence-electron chi connectivity index (χ3n) is 4.48. The fourth-order valence-corrected chi connectivity index (χ4v) is 3.36. The molecule has 3 rings (SSSR count). The summed E-state index contributed by atoms with van der Waals surface area (Å²) in [6.07, 6.45) is 7.30. The fraction of sp³-hybridized carbons (Fsp3) is 0.455. The maximum Gasteiger partial charge on any atom is 0.0920 e. The maximum absolute atomic E-state index is 7.48. The van der Waals surface area contributed by atoms with Crippen LogP contribution in [0.4, 0.5) is 5.69 Å². The first-order valence-corrected chi connectivity index (χ1v) is 9.56. The molecule has 1 aromatic carbocycles. The number of benzene rings is 1. The van der Waals surface area contributed by atoms with Gasteiger partial charge in [0.25, 0.3) is 0 Å². The molecule has 0 bridgehead atoms. The standard InChI is InChI=1S/C20H25N3O.C2H6/c1-15(13-21)11-18-20-16(12-17(22-18)14-24-2)7-6-8-19(20)23-9-4-3-5-10-23;1-2/h6-8,12-13,21-22H,3-5,9-10,14H2,1-2H3;1-2H3. The van der Waals surface area contributed by atoms with E-state index in [1.165, 1.54) is 42.3 Å². The Morgan fingerprint density at radius 2 is 2.00 bits per heavy atom. The van der Waals surface area contributed by atoms with E-state index in [0.29, 0.717) is 6.61 Å². The Labute approximate surface area is 157 Å². The summed E-state index contributed by atoms with van der Waals surface area (Å²) in [7, 11) is 1.70. The van der Waals surface area contributed by atoms with E-state index in [0.717, 1.165) is 30.1 Å². The largest absolute Gasteiger partial charge is 0.378 e. The molecule has 2 aliphatic rings. The summed E-state index contributed by atoms with van der Waals surface area (Å²) < 4.78 is 5.29. The number of allylic oxidation sites excluding steroid dienone is 1. The Hall–Kier alpha value is -2.29. The Bertz CT molecular complexity index is 721. The lowest BCUT2D eigenvalue weighted by atomic mass is 9.96. The monoisotopic (exact) mass is 353 g/mol. The average molecular weight is 354 g/mol. The summed E-state index contributed by atoms with van der Waals surface area (Å²) in [5, 5.41) is 10.9. The molecule has 140 valence electrons. The normalized spacial score (nSPS) is 15.6. The third kappa shape index (κ3) is 4.66. The molecule has 2 heterocycles. The van der Waals surface area contributed by atoms with Crippen molar-refractivity contribution < 1.29 is 4.74 Å². The number of ether oxygens (including phenoxy) is 1. The van der Waals surface area contributed by atoms with Crippen LogP contribution in [0, 0.1) is 5.41 Å². The lowest BCUT2D eigenvalue weighted by Gasteiger charge is -2.33. The summed E-state index contributed by atoms with van der Waals surface area (Å²) in [5.41, 5.74) is 9.72. The maximum atomic E-state index is 7.48. The highest BCUT2D eigenvalue weighted by atomic mass is 16.5. The molecule has 0 aromatic heterocycles. The van der Waals surface area contributed by atoms with Gasteiger partial charge >= 0.3 is 0 Å². The zero-order valence-corrected chi connectivity index (χ0v) is 16.5. The van der Waals surface area contributed by atoms with E-state index in [9.17, 15) is 0 Å². The average Bonchev–Trinajstić information content (AvgIpc) is 2.70. The van der Waals surface area contributed by atoms with Gasteiger partial charge in [0, 0.05) is 48.9 Å². The van der Waals surface area contributed by atoms with Crippen molar-refractivity contribution in [3.63, 3.8) is 0 Å². The number of anilines is 1. The van der Waals surface area contributed by atoms with Crippen LogP contribution < -0.4 is 10.2 Å². The molecule has 2 N–H and O–H groups in total. The summed E-state index contributed by atoms with van der Waals surface area (Å²) >= 11 is 0. The number of nitrogens with zero attached hydrogens (tertiary/aromatic N) is 1. The van der Waals surface area contributed by atoms with Crippen LogP contribution in [-0.4, -0.2) is 33.0 Å².